The van der Waals surface area contributed by atoms with E-state index in [1.165, 1.54) is 6.33 Å². The first-order valence-electron chi connectivity index (χ1n) is 15.6. The summed E-state index contributed by atoms with van der Waals surface area (Å²) in [4.78, 5) is 38.4. The van der Waals surface area contributed by atoms with E-state index in [-0.39, 0.29) is 17.9 Å². The fourth-order valence-corrected chi connectivity index (χ4v) is 6.43. The largest absolute Gasteiger partial charge is 0.494 e. The predicted octanol–water partition coefficient (Wildman–Crippen LogP) is 5.02. The molecule has 0 spiro atoms. The van der Waals surface area contributed by atoms with Crippen molar-refractivity contribution < 1.29 is 19.1 Å². The summed E-state index contributed by atoms with van der Waals surface area (Å²) in [6, 6.07) is 21.8. The van der Waals surface area contributed by atoms with E-state index >= 15 is 0 Å². The summed E-state index contributed by atoms with van der Waals surface area (Å²) in [6.07, 6.45) is 7.50. The van der Waals surface area contributed by atoms with Crippen molar-refractivity contribution >= 4 is 22.7 Å². The Labute approximate surface area is 261 Å². The van der Waals surface area contributed by atoms with Crippen LogP contribution in [0.2, 0.25) is 0 Å². The molecule has 5 heterocycles. The van der Waals surface area contributed by atoms with E-state index in [4.69, 9.17) is 9.47 Å². The van der Waals surface area contributed by atoms with E-state index in [1.807, 2.05) is 64.5 Å². The van der Waals surface area contributed by atoms with Crippen LogP contribution in [0.25, 0.3) is 10.9 Å². The lowest BCUT2D eigenvalue weighted by atomic mass is 9.87. The quantitative estimate of drug-likeness (QED) is 0.302. The van der Waals surface area contributed by atoms with Gasteiger partial charge in [0.25, 0.3) is 5.91 Å². The van der Waals surface area contributed by atoms with Crippen molar-refractivity contribution in [1.29, 1.82) is 0 Å². The van der Waals surface area contributed by atoms with Gasteiger partial charge in [0.05, 0.1) is 24.8 Å². The van der Waals surface area contributed by atoms with Gasteiger partial charge in [0.1, 0.15) is 30.8 Å². The average Bonchev–Trinajstić information content (AvgIpc) is 3.75. The number of rotatable bonds is 5. The van der Waals surface area contributed by atoms with Crippen molar-refractivity contribution in [1.82, 2.24) is 29.5 Å². The number of para-hydroxylation sites is 1. The summed E-state index contributed by atoms with van der Waals surface area (Å²) in [5, 5.41) is 5.04. The van der Waals surface area contributed by atoms with Crippen molar-refractivity contribution in [3.05, 3.63) is 108 Å². The number of aromatic nitrogens is 4. The number of amides is 2. The lowest BCUT2D eigenvalue weighted by Crippen LogP contribution is -2.40. The third kappa shape index (κ3) is 6.13. The number of nitrogens with one attached hydrogen (secondary N) is 1. The SMILES string of the molecule is O=C(CCCn1cncn1)N1CCCOc2cccc(c2)C2c3ccc(cc3CCN2C(=O)c2c[nH]c3ccccc23)OCC1. The monoisotopic (exact) mass is 604 g/mol. The highest BCUT2D eigenvalue weighted by Gasteiger charge is 2.34. The number of carbonyl (C=O) groups excluding carboxylic acids is 2. The molecule has 0 saturated carbocycles. The first kappa shape index (κ1) is 28.6. The van der Waals surface area contributed by atoms with E-state index in [1.54, 1.807) is 11.0 Å². The highest BCUT2D eigenvalue weighted by Crippen LogP contribution is 2.39. The Balaban J connectivity index is 1.14. The van der Waals surface area contributed by atoms with E-state index in [0.717, 1.165) is 39.1 Å². The number of aryl methyl sites for hydroxylation is 1. The van der Waals surface area contributed by atoms with Gasteiger partial charge in [-0.15, -0.1) is 0 Å². The standard InChI is InChI=1S/C35H36N6O4/c42-33(10-4-15-40-24-36-23-38-40)39-14-5-18-44-27-7-3-6-26(21-27)34-29-12-11-28(45-19-17-39)20-25(29)13-16-41(34)35(43)31-22-37-32-9-2-1-8-30(31)32/h1-3,6-9,11-12,20-24,34,37H,4-5,10,13-19H2. The Morgan fingerprint density at radius 1 is 0.933 bits per heavy atom. The Morgan fingerprint density at radius 2 is 1.82 bits per heavy atom. The van der Waals surface area contributed by atoms with Crippen LogP contribution < -0.4 is 9.47 Å². The molecule has 1 atom stereocenters. The van der Waals surface area contributed by atoms with Gasteiger partial charge in [-0.1, -0.05) is 36.4 Å². The Bertz CT molecular complexity index is 1800. The van der Waals surface area contributed by atoms with E-state index in [9.17, 15) is 9.59 Å². The molecule has 230 valence electrons. The lowest BCUT2D eigenvalue weighted by Gasteiger charge is -2.38. The maximum atomic E-state index is 14.2. The fraction of sp³-hybridized carbons (Fsp3) is 0.314. The summed E-state index contributed by atoms with van der Waals surface area (Å²) >= 11 is 0. The number of carbonyl (C=O) groups is 2. The van der Waals surface area contributed by atoms with Crippen LogP contribution in [-0.2, 0) is 17.8 Å². The number of H-pyrrole nitrogens is 1. The molecule has 0 radical (unpaired) electrons. The molecular weight excluding hydrogens is 568 g/mol. The van der Waals surface area contributed by atoms with Gasteiger partial charge in [0, 0.05) is 43.2 Å². The molecule has 5 aromatic rings. The number of aromatic amines is 1. The number of nitrogens with zero attached hydrogens (tertiary/aromatic N) is 5. The molecular formula is C35H36N6O4. The average molecular weight is 605 g/mol. The molecule has 10 nitrogen and oxygen atoms in total. The topological polar surface area (TPSA) is 106 Å². The highest BCUT2D eigenvalue weighted by molar-refractivity contribution is 6.07. The van der Waals surface area contributed by atoms with Crippen LogP contribution in [0.1, 0.15) is 52.4 Å². The zero-order valence-corrected chi connectivity index (χ0v) is 25.1. The molecule has 6 bridgehead atoms. The van der Waals surface area contributed by atoms with Crippen molar-refractivity contribution in [3.63, 3.8) is 0 Å². The molecule has 3 aliphatic heterocycles. The van der Waals surface area contributed by atoms with Crippen molar-refractivity contribution in [3.8, 4) is 11.5 Å². The van der Waals surface area contributed by atoms with Crippen molar-refractivity contribution in [2.24, 2.45) is 0 Å². The van der Waals surface area contributed by atoms with Gasteiger partial charge in [-0.2, -0.15) is 5.10 Å². The molecule has 0 saturated heterocycles. The maximum Gasteiger partial charge on any atom is 0.256 e. The molecule has 1 N–H and O–H groups in total. The summed E-state index contributed by atoms with van der Waals surface area (Å²) in [5.41, 5.74) is 4.84. The number of hydrogen-bond donors (Lipinski definition) is 1. The van der Waals surface area contributed by atoms with Gasteiger partial charge in [-0.25, -0.2) is 4.98 Å². The van der Waals surface area contributed by atoms with Crippen LogP contribution in [-0.4, -0.2) is 74.2 Å². The maximum absolute atomic E-state index is 14.2. The summed E-state index contributed by atoms with van der Waals surface area (Å²) in [6.45, 7) is 3.14. The Morgan fingerprint density at radius 3 is 2.73 bits per heavy atom. The number of benzene rings is 3. The molecule has 45 heavy (non-hydrogen) atoms. The minimum absolute atomic E-state index is 0.00444. The number of hydrogen-bond acceptors (Lipinski definition) is 6. The highest BCUT2D eigenvalue weighted by atomic mass is 16.5. The normalized spacial score (nSPS) is 16.8. The molecule has 3 aromatic carbocycles. The molecule has 2 amide bonds. The van der Waals surface area contributed by atoms with Crippen LogP contribution in [0.5, 0.6) is 11.5 Å². The van der Waals surface area contributed by atoms with Crippen LogP contribution >= 0.6 is 0 Å². The molecule has 0 aliphatic carbocycles. The third-order valence-corrected chi connectivity index (χ3v) is 8.67. The second-order valence-electron chi connectivity index (χ2n) is 11.5. The zero-order chi connectivity index (χ0) is 30.6. The molecule has 2 aromatic heterocycles. The second kappa shape index (κ2) is 12.9. The first-order valence-corrected chi connectivity index (χ1v) is 15.6. The first-order chi connectivity index (χ1) is 22.1. The van der Waals surface area contributed by atoms with Gasteiger partial charge in [-0.05, 0) is 66.3 Å². The predicted molar refractivity (Wildman–Crippen MR) is 169 cm³/mol. The minimum atomic E-state index is -0.272. The Kier molecular flexibility index (Phi) is 8.18. The van der Waals surface area contributed by atoms with Crippen LogP contribution in [0.3, 0.4) is 0 Å². The van der Waals surface area contributed by atoms with Crippen LogP contribution in [0, 0.1) is 0 Å². The second-order valence-corrected chi connectivity index (χ2v) is 11.5. The third-order valence-electron chi connectivity index (χ3n) is 8.67. The minimum Gasteiger partial charge on any atom is -0.494 e. The van der Waals surface area contributed by atoms with Gasteiger partial charge in [0.2, 0.25) is 5.91 Å². The fourth-order valence-electron chi connectivity index (χ4n) is 6.43. The van der Waals surface area contributed by atoms with Crippen LogP contribution in [0.4, 0.5) is 0 Å². The smallest absolute Gasteiger partial charge is 0.256 e. The Hall–Kier alpha value is -5.12. The summed E-state index contributed by atoms with van der Waals surface area (Å²) in [5.74, 6) is 1.61. The van der Waals surface area contributed by atoms with Crippen molar-refractivity contribution in [2.45, 2.75) is 38.3 Å². The molecule has 10 heteroatoms. The van der Waals surface area contributed by atoms with E-state index in [2.05, 4.69) is 33.3 Å². The van der Waals surface area contributed by atoms with Gasteiger partial charge < -0.3 is 24.3 Å². The molecule has 3 aliphatic rings. The zero-order valence-electron chi connectivity index (χ0n) is 25.1. The van der Waals surface area contributed by atoms with Gasteiger partial charge >= 0.3 is 0 Å². The van der Waals surface area contributed by atoms with E-state index in [0.29, 0.717) is 70.6 Å². The van der Waals surface area contributed by atoms with Crippen molar-refractivity contribution in [2.75, 3.05) is 32.8 Å². The summed E-state index contributed by atoms with van der Waals surface area (Å²) in [7, 11) is 0. The lowest BCUT2D eigenvalue weighted by molar-refractivity contribution is -0.131. The van der Waals surface area contributed by atoms with Crippen LogP contribution in [0.15, 0.2) is 85.6 Å². The number of ether oxygens (including phenoxy) is 2. The van der Waals surface area contributed by atoms with Gasteiger partial charge in [0.15, 0.2) is 0 Å². The summed E-state index contributed by atoms with van der Waals surface area (Å²) < 4.78 is 14.1. The molecule has 0 fully saturated rings. The molecule has 1 unspecified atom stereocenters. The van der Waals surface area contributed by atoms with Gasteiger partial charge in [-0.3, -0.25) is 14.3 Å². The van der Waals surface area contributed by atoms with E-state index < -0.39 is 0 Å². The molecule has 8 rings (SSSR count). The number of fused-ring (bicyclic) bond motifs is 9.